The third-order valence-corrected chi connectivity index (χ3v) is 5.31. The van der Waals surface area contributed by atoms with Gasteiger partial charge in [0.1, 0.15) is 5.75 Å². The maximum Gasteiger partial charge on any atom is 0.240 e. The third kappa shape index (κ3) is 3.94. The highest BCUT2D eigenvalue weighted by Crippen LogP contribution is 2.29. The summed E-state index contributed by atoms with van der Waals surface area (Å²) < 4.78 is 37.4. The molecular formula is C14H21NO5S. The zero-order valence-electron chi connectivity index (χ0n) is 12.0. The summed E-state index contributed by atoms with van der Waals surface area (Å²) in [5.74, 6) is 0.602. The number of benzene rings is 1. The van der Waals surface area contributed by atoms with Gasteiger partial charge in [-0.2, -0.15) is 0 Å². The average molecular weight is 315 g/mol. The van der Waals surface area contributed by atoms with Crippen molar-refractivity contribution in [1.29, 1.82) is 0 Å². The number of rotatable bonds is 6. The molecule has 2 N–H and O–H groups in total. The Morgan fingerprint density at radius 1 is 1.29 bits per heavy atom. The number of methoxy groups -OCH3 is 1. The Balaban J connectivity index is 2.06. The Hall–Kier alpha value is -1.15. The van der Waals surface area contributed by atoms with E-state index in [1.807, 2.05) is 0 Å². The first-order valence-corrected chi connectivity index (χ1v) is 8.32. The van der Waals surface area contributed by atoms with Gasteiger partial charge < -0.3 is 14.6 Å². The minimum absolute atomic E-state index is 0.0541. The summed E-state index contributed by atoms with van der Waals surface area (Å²) in [6.07, 6.45) is 1.29. The van der Waals surface area contributed by atoms with Gasteiger partial charge in [-0.05, 0) is 37.1 Å². The van der Waals surface area contributed by atoms with Crippen LogP contribution in [0.2, 0.25) is 0 Å². The van der Waals surface area contributed by atoms with Gasteiger partial charge in [0.25, 0.3) is 0 Å². The summed E-state index contributed by atoms with van der Waals surface area (Å²) in [7, 11) is -2.06. The fraction of sp³-hybridized carbons (Fsp3) is 0.571. The topological polar surface area (TPSA) is 84.9 Å². The number of sulfonamides is 1. The van der Waals surface area contributed by atoms with Crippen LogP contribution in [-0.4, -0.2) is 47.0 Å². The SMILES string of the molecule is COc1ccc(S(=O)(=O)NCC2(CO)CCOCC2)cc1. The fourth-order valence-corrected chi connectivity index (χ4v) is 3.44. The zero-order chi connectivity index (χ0) is 15.3. The van der Waals surface area contributed by atoms with Crippen LogP contribution < -0.4 is 9.46 Å². The molecule has 7 heteroatoms. The summed E-state index contributed by atoms with van der Waals surface area (Å²) in [5, 5.41) is 9.57. The lowest BCUT2D eigenvalue weighted by molar-refractivity contribution is -0.0126. The van der Waals surface area contributed by atoms with Crippen molar-refractivity contribution in [3.8, 4) is 5.75 Å². The molecule has 0 bridgehead atoms. The van der Waals surface area contributed by atoms with Crippen molar-refractivity contribution in [3.05, 3.63) is 24.3 Å². The molecule has 0 atom stereocenters. The van der Waals surface area contributed by atoms with Crippen molar-refractivity contribution in [1.82, 2.24) is 4.72 Å². The van der Waals surface area contributed by atoms with Crippen molar-refractivity contribution >= 4 is 10.0 Å². The van der Waals surface area contributed by atoms with E-state index in [9.17, 15) is 13.5 Å². The molecule has 0 aromatic heterocycles. The minimum Gasteiger partial charge on any atom is -0.497 e. The van der Waals surface area contributed by atoms with Gasteiger partial charge in [-0.3, -0.25) is 0 Å². The van der Waals surface area contributed by atoms with E-state index in [0.29, 0.717) is 31.8 Å². The standard InChI is InChI=1S/C14H21NO5S/c1-19-12-2-4-13(5-3-12)21(17,18)15-10-14(11-16)6-8-20-9-7-14/h2-5,15-16H,6-11H2,1H3. The van der Waals surface area contributed by atoms with E-state index >= 15 is 0 Å². The number of aliphatic hydroxyl groups excluding tert-OH is 1. The molecule has 0 saturated carbocycles. The average Bonchev–Trinajstić information content (AvgIpc) is 2.54. The molecule has 0 aliphatic carbocycles. The van der Waals surface area contributed by atoms with Gasteiger partial charge in [0.05, 0.1) is 18.6 Å². The maximum atomic E-state index is 12.3. The van der Waals surface area contributed by atoms with Gasteiger partial charge in [0, 0.05) is 25.2 Å². The Morgan fingerprint density at radius 3 is 2.43 bits per heavy atom. The molecule has 1 aromatic rings. The van der Waals surface area contributed by atoms with Crippen molar-refractivity contribution in [2.24, 2.45) is 5.41 Å². The van der Waals surface area contributed by atoms with Crippen LogP contribution in [0.15, 0.2) is 29.2 Å². The Labute approximate surface area is 125 Å². The second-order valence-corrected chi connectivity index (χ2v) is 7.04. The second-order valence-electron chi connectivity index (χ2n) is 5.27. The van der Waals surface area contributed by atoms with E-state index in [1.54, 1.807) is 12.1 Å². The molecule has 0 radical (unpaired) electrons. The molecule has 0 spiro atoms. The Kier molecular flexibility index (Phi) is 5.21. The van der Waals surface area contributed by atoms with Gasteiger partial charge in [0.2, 0.25) is 10.0 Å². The van der Waals surface area contributed by atoms with Crippen LogP contribution >= 0.6 is 0 Å². The van der Waals surface area contributed by atoms with Crippen LogP contribution in [-0.2, 0) is 14.8 Å². The lowest BCUT2D eigenvalue weighted by atomic mass is 9.81. The van der Waals surface area contributed by atoms with Crippen LogP contribution in [0, 0.1) is 5.41 Å². The number of hydrogen-bond acceptors (Lipinski definition) is 5. The third-order valence-electron chi connectivity index (χ3n) is 3.90. The second kappa shape index (κ2) is 6.74. The van der Waals surface area contributed by atoms with E-state index in [-0.39, 0.29) is 18.0 Å². The van der Waals surface area contributed by atoms with Gasteiger partial charge in [0.15, 0.2) is 0 Å². The Bertz CT molecular complexity index is 549. The number of hydrogen-bond donors (Lipinski definition) is 2. The highest BCUT2D eigenvalue weighted by molar-refractivity contribution is 7.89. The van der Waals surface area contributed by atoms with E-state index in [2.05, 4.69) is 4.72 Å². The Morgan fingerprint density at radius 2 is 1.90 bits per heavy atom. The largest absolute Gasteiger partial charge is 0.497 e. The highest BCUT2D eigenvalue weighted by Gasteiger charge is 2.33. The molecule has 1 saturated heterocycles. The van der Waals surface area contributed by atoms with Crippen molar-refractivity contribution < 1.29 is 23.0 Å². The van der Waals surface area contributed by atoms with E-state index in [1.165, 1.54) is 19.2 Å². The summed E-state index contributed by atoms with van der Waals surface area (Å²) >= 11 is 0. The van der Waals surface area contributed by atoms with Crippen LogP contribution in [0.3, 0.4) is 0 Å². The lowest BCUT2D eigenvalue weighted by Crippen LogP contribution is -2.43. The fourth-order valence-electron chi connectivity index (χ4n) is 2.28. The molecule has 1 fully saturated rings. The smallest absolute Gasteiger partial charge is 0.240 e. The predicted molar refractivity (Wildman–Crippen MR) is 77.8 cm³/mol. The van der Waals surface area contributed by atoms with Crippen LogP contribution in [0.25, 0.3) is 0 Å². The van der Waals surface area contributed by atoms with E-state index in [4.69, 9.17) is 9.47 Å². The molecule has 2 rings (SSSR count). The molecule has 118 valence electrons. The number of aliphatic hydroxyl groups is 1. The number of ether oxygens (including phenoxy) is 2. The maximum absolute atomic E-state index is 12.3. The van der Waals surface area contributed by atoms with Crippen LogP contribution in [0.1, 0.15) is 12.8 Å². The first-order chi connectivity index (χ1) is 10.0. The first-order valence-electron chi connectivity index (χ1n) is 6.84. The molecular weight excluding hydrogens is 294 g/mol. The summed E-state index contributed by atoms with van der Waals surface area (Å²) in [6, 6.07) is 6.20. The molecule has 0 amide bonds. The van der Waals surface area contributed by atoms with Gasteiger partial charge in [-0.25, -0.2) is 13.1 Å². The summed E-state index contributed by atoms with van der Waals surface area (Å²) in [6.45, 7) is 1.25. The monoisotopic (exact) mass is 315 g/mol. The molecule has 6 nitrogen and oxygen atoms in total. The van der Waals surface area contributed by atoms with Crippen LogP contribution in [0.5, 0.6) is 5.75 Å². The number of nitrogens with one attached hydrogen (secondary N) is 1. The van der Waals surface area contributed by atoms with Gasteiger partial charge >= 0.3 is 0 Å². The van der Waals surface area contributed by atoms with E-state index < -0.39 is 15.4 Å². The van der Waals surface area contributed by atoms with Gasteiger partial charge in [-0.1, -0.05) is 0 Å². The first kappa shape index (κ1) is 16.2. The minimum atomic E-state index is -3.59. The molecule has 1 aromatic carbocycles. The van der Waals surface area contributed by atoms with Crippen molar-refractivity contribution in [2.45, 2.75) is 17.7 Å². The predicted octanol–water partition coefficient (Wildman–Crippen LogP) is 0.763. The molecule has 1 aliphatic rings. The lowest BCUT2D eigenvalue weighted by Gasteiger charge is -2.35. The summed E-state index contributed by atoms with van der Waals surface area (Å²) in [5.41, 5.74) is -0.433. The van der Waals surface area contributed by atoms with Crippen molar-refractivity contribution in [3.63, 3.8) is 0 Å². The zero-order valence-corrected chi connectivity index (χ0v) is 12.9. The van der Waals surface area contributed by atoms with E-state index in [0.717, 1.165) is 0 Å². The van der Waals surface area contributed by atoms with Gasteiger partial charge in [-0.15, -0.1) is 0 Å². The normalized spacial score (nSPS) is 18.4. The quantitative estimate of drug-likeness (QED) is 0.810. The summed E-state index contributed by atoms with van der Waals surface area (Å²) in [4.78, 5) is 0.184. The molecule has 21 heavy (non-hydrogen) atoms. The molecule has 1 heterocycles. The van der Waals surface area contributed by atoms with Crippen LogP contribution in [0.4, 0.5) is 0 Å². The highest BCUT2D eigenvalue weighted by atomic mass is 32.2. The molecule has 1 aliphatic heterocycles. The molecule has 0 unspecified atom stereocenters. The van der Waals surface area contributed by atoms with Crippen molar-refractivity contribution in [2.75, 3.05) is 33.5 Å².